The van der Waals surface area contributed by atoms with Gasteiger partial charge in [-0.25, -0.2) is 12.8 Å². The van der Waals surface area contributed by atoms with E-state index in [0.717, 1.165) is 23.3 Å². The van der Waals surface area contributed by atoms with E-state index in [0.29, 0.717) is 5.69 Å². The number of sulfone groups is 1. The number of aryl methyl sites for hydroxylation is 2. The first-order valence-corrected chi connectivity index (χ1v) is 8.78. The van der Waals surface area contributed by atoms with Crippen LogP contribution in [0.2, 0.25) is 0 Å². The summed E-state index contributed by atoms with van der Waals surface area (Å²) in [5.41, 5.74) is 2.59. The minimum atomic E-state index is -3.61. The summed E-state index contributed by atoms with van der Waals surface area (Å²) in [5, 5.41) is 2.72. The molecule has 0 saturated carbocycles. The molecule has 4 nitrogen and oxygen atoms in total. The minimum Gasteiger partial charge on any atom is -0.326 e. The van der Waals surface area contributed by atoms with Crippen molar-refractivity contribution in [2.24, 2.45) is 0 Å². The van der Waals surface area contributed by atoms with Crippen molar-refractivity contribution >= 4 is 21.4 Å². The second kappa shape index (κ2) is 6.91. The van der Waals surface area contributed by atoms with Crippen molar-refractivity contribution in [2.75, 3.05) is 11.1 Å². The lowest BCUT2D eigenvalue weighted by atomic mass is 10.1. The largest absolute Gasteiger partial charge is 0.326 e. The highest BCUT2D eigenvalue weighted by Crippen LogP contribution is 2.17. The van der Waals surface area contributed by atoms with Crippen molar-refractivity contribution in [3.63, 3.8) is 0 Å². The molecule has 0 aromatic heterocycles. The van der Waals surface area contributed by atoms with Crippen molar-refractivity contribution < 1.29 is 17.6 Å². The van der Waals surface area contributed by atoms with E-state index in [1.54, 1.807) is 0 Å². The molecule has 0 saturated heterocycles. The molecule has 0 heterocycles. The van der Waals surface area contributed by atoms with Crippen molar-refractivity contribution in [1.82, 2.24) is 0 Å². The number of amides is 1. The SMILES string of the molecule is Cc1ccc(C)c(NC(=O)CCS(=O)(=O)c2ccc(F)cc2)c1. The summed E-state index contributed by atoms with van der Waals surface area (Å²) in [5.74, 6) is -1.20. The van der Waals surface area contributed by atoms with E-state index in [1.165, 1.54) is 12.1 Å². The molecule has 2 aromatic carbocycles. The fourth-order valence-corrected chi connectivity index (χ4v) is 3.31. The van der Waals surface area contributed by atoms with Crippen molar-refractivity contribution in [3.05, 3.63) is 59.4 Å². The molecule has 1 N–H and O–H groups in total. The highest BCUT2D eigenvalue weighted by molar-refractivity contribution is 7.91. The molecular weight excluding hydrogens is 317 g/mol. The van der Waals surface area contributed by atoms with Crippen LogP contribution < -0.4 is 5.32 Å². The first-order chi connectivity index (χ1) is 10.8. The summed E-state index contributed by atoms with van der Waals surface area (Å²) >= 11 is 0. The van der Waals surface area contributed by atoms with Crippen LogP contribution in [-0.2, 0) is 14.6 Å². The van der Waals surface area contributed by atoms with Crippen LogP contribution in [0.3, 0.4) is 0 Å². The zero-order valence-corrected chi connectivity index (χ0v) is 13.8. The van der Waals surface area contributed by atoms with Gasteiger partial charge in [-0.15, -0.1) is 0 Å². The maximum Gasteiger partial charge on any atom is 0.225 e. The van der Waals surface area contributed by atoms with Crippen LogP contribution in [0.5, 0.6) is 0 Å². The second-order valence-corrected chi connectivity index (χ2v) is 7.50. The van der Waals surface area contributed by atoms with Crippen LogP contribution in [0.1, 0.15) is 17.5 Å². The van der Waals surface area contributed by atoms with Crippen LogP contribution in [-0.4, -0.2) is 20.1 Å². The van der Waals surface area contributed by atoms with Crippen molar-refractivity contribution in [1.29, 1.82) is 0 Å². The molecule has 0 bridgehead atoms. The standard InChI is InChI=1S/C17H18FNO3S/c1-12-3-4-13(2)16(11-12)19-17(20)9-10-23(21,22)15-7-5-14(18)6-8-15/h3-8,11H,9-10H2,1-2H3,(H,19,20). The van der Waals surface area contributed by atoms with Crippen molar-refractivity contribution in [3.8, 4) is 0 Å². The summed E-state index contributed by atoms with van der Waals surface area (Å²) in [7, 11) is -3.61. The third-order valence-electron chi connectivity index (χ3n) is 3.44. The van der Waals surface area contributed by atoms with Crippen molar-refractivity contribution in [2.45, 2.75) is 25.2 Å². The van der Waals surface area contributed by atoms with Gasteiger partial charge in [-0.2, -0.15) is 0 Å². The Morgan fingerprint density at radius 1 is 1.09 bits per heavy atom. The monoisotopic (exact) mass is 335 g/mol. The molecule has 0 aliphatic rings. The first-order valence-electron chi connectivity index (χ1n) is 7.13. The lowest BCUT2D eigenvalue weighted by molar-refractivity contribution is -0.115. The Labute approximate surface area is 135 Å². The molecule has 0 unspecified atom stereocenters. The van der Waals surface area contributed by atoms with E-state index in [9.17, 15) is 17.6 Å². The summed E-state index contributed by atoms with van der Waals surface area (Å²) < 4.78 is 37.1. The number of nitrogens with one attached hydrogen (secondary N) is 1. The highest BCUT2D eigenvalue weighted by atomic mass is 32.2. The molecule has 2 rings (SSSR count). The third kappa shape index (κ3) is 4.63. The lowest BCUT2D eigenvalue weighted by Crippen LogP contribution is -2.18. The summed E-state index contributed by atoms with van der Waals surface area (Å²) in [6.07, 6.45) is -0.160. The van der Waals surface area contributed by atoms with E-state index in [1.807, 2.05) is 32.0 Å². The zero-order chi connectivity index (χ0) is 17.0. The summed E-state index contributed by atoms with van der Waals surface area (Å²) in [6, 6.07) is 10.2. The molecule has 0 aliphatic heterocycles. The van der Waals surface area contributed by atoms with Gasteiger partial charge in [-0.3, -0.25) is 4.79 Å². The number of anilines is 1. The molecular formula is C17H18FNO3S. The number of hydrogen-bond acceptors (Lipinski definition) is 3. The fourth-order valence-electron chi connectivity index (χ4n) is 2.07. The second-order valence-electron chi connectivity index (χ2n) is 5.39. The van der Waals surface area contributed by atoms with E-state index < -0.39 is 15.7 Å². The van der Waals surface area contributed by atoms with E-state index in [2.05, 4.69) is 5.32 Å². The zero-order valence-electron chi connectivity index (χ0n) is 13.0. The quantitative estimate of drug-likeness (QED) is 0.853. The number of halogens is 1. The topological polar surface area (TPSA) is 63.2 Å². The van der Waals surface area contributed by atoms with Crippen LogP contribution in [0, 0.1) is 19.7 Å². The first kappa shape index (κ1) is 17.1. The van der Waals surface area contributed by atoms with Gasteiger partial charge >= 0.3 is 0 Å². The van der Waals surface area contributed by atoms with Gasteiger partial charge in [0.05, 0.1) is 10.6 Å². The van der Waals surface area contributed by atoms with Crippen LogP contribution in [0.15, 0.2) is 47.4 Å². The Morgan fingerprint density at radius 2 is 1.74 bits per heavy atom. The molecule has 0 spiro atoms. The normalized spacial score (nSPS) is 11.3. The van der Waals surface area contributed by atoms with Gasteiger partial charge in [0.15, 0.2) is 9.84 Å². The lowest BCUT2D eigenvalue weighted by Gasteiger charge is -2.09. The Bertz CT molecular complexity index is 814. The number of hydrogen-bond donors (Lipinski definition) is 1. The molecule has 1 amide bonds. The van der Waals surface area contributed by atoms with Crippen LogP contribution >= 0.6 is 0 Å². The Balaban J connectivity index is 2.01. The van der Waals surface area contributed by atoms with E-state index >= 15 is 0 Å². The van der Waals surface area contributed by atoms with Gasteiger partial charge in [-0.1, -0.05) is 12.1 Å². The average molecular weight is 335 g/mol. The molecule has 23 heavy (non-hydrogen) atoms. The van der Waals surface area contributed by atoms with E-state index in [-0.39, 0.29) is 23.0 Å². The van der Waals surface area contributed by atoms with E-state index in [4.69, 9.17) is 0 Å². The number of rotatable bonds is 5. The van der Waals surface area contributed by atoms with Crippen LogP contribution in [0.25, 0.3) is 0 Å². The molecule has 0 radical (unpaired) electrons. The number of carbonyl (C=O) groups is 1. The molecule has 2 aromatic rings. The van der Waals surface area contributed by atoms with Gasteiger partial charge in [0, 0.05) is 12.1 Å². The molecule has 0 atom stereocenters. The highest BCUT2D eigenvalue weighted by Gasteiger charge is 2.17. The number of carbonyl (C=O) groups excluding carboxylic acids is 1. The fraction of sp³-hybridized carbons (Fsp3) is 0.235. The molecule has 0 fully saturated rings. The summed E-state index contributed by atoms with van der Waals surface area (Å²) in [6.45, 7) is 3.78. The smallest absolute Gasteiger partial charge is 0.225 e. The Morgan fingerprint density at radius 3 is 2.39 bits per heavy atom. The molecule has 6 heteroatoms. The van der Waals surface area contributed by atoms with Gasteiger partial charge < -0.3 is 5.32 Å². The average Bonchev–Trinajstić information content (AvgIpc) is 2.49. The Hall–Kier alpha value is -2.21. The number of benzene rings is 2. The Kier molecular flexibility index (Phi) is 5.15. The molecule has 122 valence electrons. The summed E-state index contributed by atoms with van der Waals surface area (Å²) in [4.78, 5) is 12.0. The minimum absolute atomic E-state index is 0.0124. The maximum absolute atomic E-state index is 12.8. The molecule has 0 aliphatic carbocycles. The van der Waals surface area contributed by atoms with Crippen LogP contribution in [0.4, 0.5) is 10.1 Å². The maximum atomic E-state index is 12.8. The predicted octanol–water partition coefficient (Wildman–Crippen LogP) is 3.25. The van der Waals surface area contributed by atoms with Gasteiger partial charge in [0.25, 0.3) is 0 Å². The van der Waals surface area contributed by atoms with Gasteiger partial charge in [0.2, 0.25) is 5.91 Å². The van der Waals surface area contributed by atoms with Gasteiger partial charge in [-0.05, 0) is 55.3 Å². The van der Waals surface area contributed by atoms with Gasteiger partial charge in [0.1, 0.15) is 5.82 Å². The predicted molar refractivity (Wildman–Crippen MR) is 87.6 cm³/mol. The third-order valence-corrected chi connectivity index (χ3v) is 5.17.